The smallest absolute Gasteiger partial charge is 0.275 e. The molecule has 1 aromatic carbocycles. The first kappa shape index (κ1) is 17.7. The summed E-state index contributed by atoms with van der Waals surface area (Å²) in [6.45, 7) is 0. The number of nitrogens with one attached hydrogen (secondary N) is 1. The van der Waals surface area contributed by atoms with Crippen LogP contribution >= 0.6 is 11.3 Å². The third kappa shape index (κ3) is 3.75. The molecule has 0 fully saturated rings. The normalized spacial score (nSPS) is 10.3. The van der Waals surface area contributed by atoms with E-state index in [0.717, 1.165) is 5.56 Å². The SMILES string of the molecule is COc1ccc(NC(=O)c2csc(-c3ccc(OC)c(OC)c3)n2)cn1. The Morgan fingerprint density at radius 2 is 1.85 bits per heavy atom. The molecule has 134 valence electrons. The molecule has 0 aliphatic heterocycles. The van der Waals surface area contributed by atoms with Crippen LogP contribution in [0.1, 0.15) is 10.5 Å². The zero-order valence-electron chi connectivity index (χ0n) is 14.5. The number of carbonyl (C=O) groups is 1. The summed E-state index contributed by atoms with van der Waals surface area (Å²) in [4.78, 5) is 20.8. The molecule has 0 unspecified atom stereocenters. The zero-order chi connectivity index (χ0) is 18.5. The minimum absolute atomic E-state index is 0.306. The van der Waals surface area contributed by atoms with Gasteiger partial charge in [0.05, 0.1) is 33.2 Å². The van der Waals surface area contributed by atoms with Crippen molar-refractivity contribution in [3.8, 4) is 28.0 Å². The van der Waals surface area contributed by atoms with Crippen molar-refractivity contribution in [3.05, 3.63) is 47.6 Å². The summed E-state index contributed by atoms with van der Waals surface area (Å²) in [6.07, 6.45) is 1.53. The molecule has 1 N–H and O–H groups in total. The van der Waals surface area contributed by atoms with Crippen molar-refractivity contribution >= 4 is 22.9 Å². The fraction of sp³-hybridized carbons (Fsp3) is 0.167. The second-order valence-corrected chi connectivity index (χ2v) is 6.01. The minimum atomic E-state index is -0.306. The first-order valence-electron chi connectivity index (χ1n) is 7.64. The highest BCUT2D eigenvalue weighted by molar-refractivity contribution is 7.13. The molecule has 0 atom stereocenters. The summed E-state index contributed by atoms with van der Waals surface area (Å²) in [5.41, 5.74) is 1.74. The van der Waals surface area contributed by atoms with E-state index in [1.54, 1.807) is 37.8 Å². The molecule has 2 aromatic heterocycles. The number of nitrogens with zero attached hydrogens (tertiary/aromatic N) is 2. The van der Waals surface area contributed by atoms with E-state index in [1.165, 1.54) is 24.6 Å². The number of thiazole rings is 1. The molecule has 0 aliphatic carbocycles. The lowest BCUT2D eigenvalue weighted by atomic mass is 10.2. The summed E-state index contributed by atoms with van der Waals surface area (Å²) >= 11 is 1.38. The largest absolute Gasteiger partial charge is 0.493 e. The average molecular weight is 371 g/mol. The highest BCUT2D eigenvalue weighted by atomic mass is 32.1. The fourth-order valence-corrected chi connectivity index (χ4v) is 3.05. The maximum atomic E-state index is 12.4. The van der Waals surface area contributed by atoms with Crippen LogP contribution in [0.2, 0.25) is 0 Å². The maximum absolute atomic E-state index is 12.4. The van der Waals surface area contributed by atoms with Gasteiger partial charge in [0, 0.05) is 17.0 Å². The summed E-state index contributed by atoms with van der Waals surface area (Å²) in [6, 6.07) is 8.89. The van der Waals surface area contributed by atoms with Gasteiger partial charge in [-0.3, -0.25) is 4.79 Å². The van der Waals surface area contributed by atoms with E-state index in [9.17, 15) is 4.79 Å². The molecule has 3 rings (SSSR count). The number of hydrogen-bond acceptors (Lipinski definition) is 7. The summed E-state index contributed by atoms with van der Waals surface area (Å²) in [5, 5.41) is 5.18. The van der Waals surface area contributed by atoms with Gasteiger partial charge in [-0.05, 0) is 24.3 Å². The van der Waals surface area contributed by atoms with Crippen LogP contribution in [0, 0.1) is 0 Å². The lowest BCUT2D eigenvalue weighted by Gasteiger charge is -2.08. The van der Waals surface area contributed by atoms with E-state index in [0.29, 0.717) is 33.8 Å². The molecule has 7 nitrogen and oxygen atoms in total. The Kier molecular flexibility index (Phi) is 5.33. The Morgan fingerprint density at radius 3 is 2.50 bits per heavy atom. The molecule has 8 heteroatoms. The molecule has 2 heterocycles. The van der Waals surface area contributed by atoms with E-state index in [2.05, 4.69) is 15.3 Å². The van der Waals surface area contributed by atoms with E-state index < -0.39 is 0 Å². The first-order valence-corrected chi connectivity index (χ1v) is 8.52. The van der Waals surface area contributed by atoms with Gasteiger partial charge in [0.15, 0.2) is 11.5 Å². The molecule has 0 radical (unpaired) electrons. The van der Waals surface area contributed by atoms with Gasteiger partial charge in [0.1, 0.15) is 10.7 Å². The quantitative estimate of drug-likeness (QED) is 0.714. The van der Waals surface area contributed by atoms with Crippen molar-refractivity contribution in [2.75, 3.05) is 26.6 Å². The fourth-order valence-electron chi connectivity index (χ4n) is 2.25. The maximum Gasteiger partial charge on any atom is 0.275 e. The van der Waals surface area contributed by atoms with E-state index in [-0.39, 0.29) is 5.91 Å². The summed E-state index contributed by atoms with van der Waals surface area (Å²) in [5.74, 6) is 1.42. The molecule has 0 saturated heterocycles. The second-order valence-electron chi connectivity index (χ2n) is 5.15. The van der Waals surface area contributed by atoms with Crippen LogP contribution < -0.4 is 19.5 Å². The second kappa shape index (κ2) is 7.83. The third-order valence-corrected chi connectivity index (χ3v) is 4.46. The number of anilines is 1. The van der Waals surface area contributed by atoms with Gasteiger partial charge in [0.25, 0.3) is 5.91 Å². The van der Waals surface area contributed by atoms with Gasteiger partial charge in [-0.15, -0.1) is 11.3 Å². The molecule has 26 heavy (non-hydrogen) atoms. The number of methoxy groups -OCH3 is 3. The highest BCUT2D eigenvalue weighted by Crippen LogP contribution is 2.33. The molecular weight excluding hydrogens is 354 g/mol. The lowest BCUT2D eigenvalue weighted by molar-refractivity contribution is 0.102. The van der Waals surface area contributed by atoms with Crippen LogP contribution in [-0.4, -0.2) is 37.2 Å². The zero-order valence-corrected chi connectivity index (χ0v) is 15.3. The number of rotatable bonds is 6. The predicted molar refractivity (Wildman–Crippen MR) is 99.4 cm³/mol. The number of carbonyl (C=O) groups excluding carboxylic acids is 1. The molecule has 0 saturated carbocycles. The van der Waals surface area contributed by atoms with Gasteiger partial charge >= 0.3 is 0 Å². The lowest BCUT2D eigenvalue weighted by Crippen LogP contribution is -2.12. The number of amides is 1. The van der Waals surface area contributed by atoms with Crippen LogP contribution in [0.15, 0.2) is 41.9 Å². The highest BCUT2D eigenvalue weighted by Gasteiger charge is 2.14. The molecule has 0 aliphatic rings. The van der Waals surface area contributed by atoms with Crippen LogP contribution in [0.25, 0.3) is 10.6 Å². The Bertz CT molecular complexity index is 909. The van der Waals surface area contributed by atoms with E-state index >= 15 is 0 Å². The molecule has 3 aromatic rings. The number of aromatic nitrogens is 2. The van der Waals surface area contributed by atoms with E-state index in [1.807, 2.05) is 12.1 Å². The number of hydrogen-bond donors (Lipinski definition) is 1. The molecule has 1 amide bonds. The predicted octanol–water partition coefficient (Wildman–Crippen LogP) is 3.48. The van der Waals surface area contributed by atoms with Crippen molar-refractivity contribution in [2.24, 2.45) is 0 Å². The van der Waals surface area contributed by atoms with Gasteiger partial charge in [0.2, 0.25) is 5.88 Å². The van der Waals surface area contributed by atoms with Crippen LogP contribution in [0.4, 0.5) is 5.69 Å². The standard InChI is InChI=1S/C18H17N3O4S/c1-23-14-6-4-11(8-15(14)24-2)18-21-13(10-26-18)17(22)20-12-5-7-16(25-3)19-9-12/h4-10H,1-3H3,(H,20,22). The number of pyridine rings is 1. The average Bonchev–Trinajstić information content (AvgIpc) is 3.18. The Labute approximate surface area is 154 Å². The molecule has 0 spiro atoms. The summed E-state index contributed by atoms with van der Waals surface area (Å²) in [7, 11) is 4.69. The van der Waals surface area contributed by atoms with Crippen molar-refractivity contribution in [1.82, 2.24) is 9.97 Å². The number of ether oxygens (including phenoxy) is 3. The Hall–Kier alpha value is -3.13. The van der Waals surface area contributed by atoms with Gasteiger partial charge in [-0.2, -0.15) is 0 Å². The monoisotopic (exact) mass is 371 g/mol. The Balaban J connectivity index is 1.77. The van der Waals surface area contributed by atoms with Crippen LogP contribution in [-0.2, 0) is 0 Å². The number of benzene rings is 1. The molecular formula is C18H17N3O4S. The van der Waals surface area contributed by atoms with Crippen molar-refractivity contribution in [2.45, 2.75) is 0 Å². The minimum Gasteiger partial charge on any atom is -0.493 e. The first-order chi connectivity index (χ1) is 12.6. The molecule has 0 bridgehead atoms. The third-order valence-electron chi connectivity index (χ3n) is 3.57. The van der Waals surface area contributed by atoms with Crippen LogP contribution in [0.5, 0.6) is 17.4 Å². The van der Waals surface area contributed by atoms with Crippen molar-refractivity contribution < 1.29 is 19.0 Å². The van der Waals surface area contributed by atoms with Gasteiger partial charge in [-0.1, -0.05) is 0 Å². The topological polar surface area (TPSA) is 82.6 Å². The van der Waals surface area contributed by atoms with Crippen LogP contribution in [0.3, 0.4) is 0 Å². The van der Waals surface area contributed by atoms with Gasteiger partial charge < -0.3 is 19.5 Å². The van der Waals surface area contributed by atoms with E-state index in [4.69, 9.17) is 14.2 Å². The summed E-state index contributed by atoms with van der Waals surface area (Å²) < 4.78 is 15.5. The van der Waals surface area contributed by atoms with Crippen molar-refractivity contribution in [3.63, 3.8) is 0 Å². The van der Waals surface area contributed by atoms with Crippen molar-refractivity contribution in [1.29, 1.82) is 0 Å². The van der Waals surface area contributed by atoms with Gasteiger partial charge in [-0.25, -0.2) is 9.97 Å². The Morgan fingerprint density at radius 1 is 1.04 bits per heavy atom.